The first-order chi connectivity index (χ1) is 13.1. The number of aryl methyl sites for hydroxylation is 2. The molecular formula is C26H29N. The number of hydrogen-bond acceptors (Lipinski definition) is 1. The molecule has 1 heteroatoms. The van der Waals surface area contributed by atoms with Gasteiger partial charge in [-0.1, -0.05) is 85.0 Å². The lowest BCUT2D eigenvalue weighted by Crippen LogP contribution is -2.08. The van der Waals surface area contributed by atoms with Gasteiger partial charge in [0, 0.05) is 11.3 Å². The molecular weight excluding hydrogens is 326 g/mol. The largest absolute Gasteiger partial charge is 0.398 e. The van der Waals surface area contributed by atoms with Gasteiger partial charge in [0.05, 0.1) is 0 Å². The van der Waals surface area contributed by atoms with Gasteiger partial charge in [-0.25, -0.2) is 0 Å². The highest BCUT2D eigenvalue weighted by Crippen LogP contribution is 2.45. The molecule has 0 amide bonds. The Kier molecular flexibility index (Phi) is 5.03. The number of nitrogens with two attached hydrogens (primary N) is 1. The summed E-state index contributed by atoms with van der Waals surface area (Å²) in [6, 6.07) is 22.1. The highest BCUT2D eigenvalue weighted by Gasteiger charge is 2.23. The molecule has 3 aromatic carbocycles. The second kappa shape index (κ2) is 7.60. The fourth-order valence-electron chi connectivity index (χ4n) is 4.45. The minimum absolute atomic E-state index is 0.639. The van der Waals surface area contributed by atoms with E-state index in [0.29, 0.717) is 5.92 Å². The average Bonchev–Trinajstić information content (AvgIpc) is 2.70. The van der Waals surface area contributed by atoms with Crippen LogP contribution in [0.15, 0.2) is 60.7 Å². The predicted octanol–water partition coefficient (Wildman–Crippen LogP) is 7.27. The Hall–Kier alpha value is -2.54. The molecule has 0 bridgehead atoms. The van der Waals surface area contributed by atoms with Crippen molar-refractivity contribution in [3.63, 3.8) is 0 Å². The predicted molar refractivity (Wildman–Crippen MR) is 117 cm³/mol. The first kappa shape index (κ1) is 17.9. The van der Waals surface area contributed by atoms with Gasteiger partial charge in [0.25, 0.3) is 0 Å². The van der Waals surface area contributed by atoms with Crippen molar-refractivity contribution in [3.8, 4) is 22.3 Å². The van der Waals surface area contributed by atoms with Crippen LogP contribution >= 0.6 is 0 Å². The second-order valence-corrected chi connectivity index (χ2v) is 8.06. The highest BCUT2D eigenvalue weighted by molar-refractivity contribution is 5.93. The number of benzene rings is 3. The van der Waals surface area contributed by atoms with E-state index in [2.05, 4.69) is 74.5 Å². The van der Waals surface area contributed by atoms with Crippen molar-refractivity contribution >= 4 is 5.69 Å². The first-order valence-electron chi connectivity index (χ1n) is 10.2. The summed E-state index contributed by atoms with van der Waals surface area (Å²) in [6.07, 6.45) is 6.62. The van der Waals surface area contributed by atoms with Crippen molar-refractivity contribution in [1.29, 1.82) is 0 Å². The molecule has 0 saturated heterocycles. The van der Waals surface area contributed by atoms with Crippen molar-refractivity contribution < 1.29 is 0 Å². The third-order valence-electron chi connectivity index (χ3n) is 6.00. The van der Waals surface area contributed by atoms with Gasteiger partial charge in [-0.05, 0) is 60.9 Å². The zero-order valence-corrected chi connectivity index (χ0v) is 16.5. The normalized spacial score (nSPS) is 15.0. The van der Waals surface area contributed by atoms with Crippen LogP contribution in [-0.2, 0) is 0 Å². The maximum Gasteiger partial charge on any atom is 0.0400 e. The summed E-state index contributed by atoms with van der Waals surface area (Å²) < 4.78 is 0. The van der Waals surface area contributed by atoms with Gasteiger partial charge in [0.15, 0.2) is 0 Å². The zero-order chi connectivity index (χ0) is 18.8. The van der Waals surface area contributed by atoms with Crippen molar-refractivity contribution in [2.45, 2.75) is 51.9 Å². The first-order valence-corrected chi connectivity index (χ1v) is 10.2. The summed E-state index contributed by atoms with van der Waals surface area (Å²) in [5.74, 6) is 0.639. The Morgan fingerprint density at radius 1 is 0.630 bits per heavy atom. The van der Waals surface area contributed by atoms with E-state index in [-0.39, 0.29) is 0 Å². The van der Waals surface area contributed by atoms with E-state index in [1.807, 2.05) is 0 Å². The van der Waals surface area contributed by atoms with Crippen molar-refractivity contribution in [1.82, 2.24) is 0 Å². The van der Waals surface area contributed by atoms with Crippen LogP contribution in [-0.4, -0.2) is 0 Å². The van der Waals surface area contributed by atoms with Gasteiger partial charge in [-0.15, -0.1) is 0 Å². The topological polar surface area (TPSA) is 26.0 Å². The number of rotatable bonds is 3. The lowest BCUT2D eigenvalue weighted by Gasteiger charge is -2.27. The van der Waals surface area contributed by atoms with E-state index in [4.69, 9.17) is 5.73 Å². The van der Waals surface area contributed by atoms with Gasteiger partial charge in [0.2, 0.25) is 0 Å². The molecule has 0 spiro atoms. The fraction of sp³-hybridized carbons (Fsp3) is 0.308. The van der Waals surface area contributed by atoms with Crippen molar-refractivity contribution in [2.75, 3.05) is 5.73 Å². The van der Waals surface area contributed by atoms with Crippen molar-refractivity contribution in [2.24, 2.45) is 0 Å². The molecule has 0 unspecified atom stereocenters. The quantitative estimate of drug-likeness (QED) is 0.491. The Morgan fingerprint density at radius 2 is 1.15 bits per heavy atom. The second-order valence-electron chi connectivity index (χ2n) is 8.06. The summed E-state index contributed by atoms with van der Waals surface area (Å²) in [6.45, 7) is 4.28. The SMILES string of the molecule is Cc1ccc(-c2c(N)ccc(C3CCCCC3)c2-c2ccc(C)cc2)cc1. The van der Waals surface area contributed by atoms with Crippen LogP contribution < -0.4 is 5.73 Å². The summed E-state index contributed by atoms with van der Waals surface area (Å²) >= 11 is 0. The number of nitrogen functional groups attached to an aromatic ring is 1. The Balaban J connectivity index is 1.95. The van der Waals surface area contributed by atoms with Crippen LogP contribution in [0.4, 0.5) is 5.69 Å². The van der Waals surface area contributed by atoms with Crippen LogP contribution in [0.3, 0.4) is 0 Å². The molecule has 2 N–H and O–H groups in total. The molecule has 0 atom stereocenters. The van der Waals surface area contributed by atoms with E-state index >= 15 is 0 Å². The van der Waals surface area contributed by atoms with E-state index in [1.54, 1.807) is 0 Å². The molecule has 1 fully saturated rings. The smallest absolute Gasteiger partial charge is 0.0400 e. The Morgan fingerprint density at radius 3 is 1.70 bits per heavy atom. The highest BCUT2D eigenvalue weighted by atomic mass is 14.6. The molecule has 4 rings (SSSR count). The maximum absolute atomic E-state index is 6.56. The molecule has 27 heavy (non-hydrogen) atoms. The number of anilines is 1. The average molecular weight is 356 g/mol. The van der Waals surface area contributed by atoms with E-state index in [1.165, 1.54) is 71.0 Å². The molecule has 0 aliphatic heterocycles. The van der Waals surface area contributed by atoms with E-state index in [9.17, 15) is 0 Å². The van der Waals surface area contributed by atoms with Gasteiger partial charge < -0.3 is 5.73 Å². The molecule has 1 nitrogen and oxygen atoms in total. The van der Waals surface area contributed by atoms with E-state index in [0.717, 1.165) is 5.69 Å². The molecule has 0 heterocycles. The van der Waals surface area contributed by atoms with Crippen LogP contribution in [0.5, 0.6) is 0 Å². The van der Waals surface area contributed by atoms with Gasteiger partial charge in [-0.2, -0.15) is 0 Å². The van der Waals surface area contributed by atoms with Crippen LogP contribution in [0.1, 0.15) is 54.7 Å². The summed E-state index contributed by atoms with van der Waals surface area (Å²) in [4.78, 5) is 0. The Bertz CT molecular complexity index is 914. The van der Waals surface area contributed by atoms with Crippen molar-refractivity contribution in [3.05, 3.63) is 77.4 Å². The van der Waals surface area contributed by atoms with Crippen LogP contribution in [0, 0.1) is 13.8 Å². The Labute approximate surface area is 163 Å². The monoisotopic (exact) mass is 355 g/mol. The molecule has 1 aliphatic rings. The molecule has 0 aromatic heterocycles. The minimum atomic E-state index is 0.639. The standard InChI is InChI=1S/C26H29N/c1-18-8-12-21(13-9-18)25-23(20-6-4-3-5-7-20)16-17-24(27)26(25)22-14-10-19(2)11-15-22/h8-17,20H,3-7,27H2,1-2H3. The summed E-state index contributed by atoms with van der Waals surface area (Å²) in [7, 11) is 0. The van der Waals surface area contributed by atoms with Gasteiger partial charge in [0.1, 0.15) is 0 Å². The molecule has 1 saturated carbocycles. The lowest BCUT2D eigenvalue weighted by atomic mass is 9.78. The van der Waals surface area contributed by atoms with Gasteiger partial charge in [-0.3, -0.25) is 0 Å². The summed E-state index contributed by atoms with van der Waals surface area (Å²) in [5.41, 5.74) is 16.5. The third kappa shape index (κ3) is 3.64. The minimum Gasteiger partial charge on any atom is -0.398 e. The summed E-state index contributed by atoms with van der Waals surface area (Å²) in [5, 5.41) is 0. The molecule has 138 valence electrons. The zero-order valence-electron chi connectivity index (χ0n) is 16.5. The van der Waals surface area contributed by atoms with Gasteiger partial charge >= 0.3 is 0 Å². The molecule has 3 aromatic rings. The van der Waals surface area contributed by atoms with E-state index < -0.39 is 0 Å². The van der Waals surface area contributed by atoms with Crippen LogP contribution in [0.2, 0.25) is 0 Å². The maximum atomic E-state index is 6.56. The lowest BCUT2D eigenvalue weighted by molar-refractivity contribution is 0.444. The molecule has 1 aliphatic carbocycles. The number of hydrogen-bond donors (Lipinski definition) is 1. The third-order valence-corrected chi connectivity index (χ3v) is 6.00. The molecule has 0 radical (unpaired) electrons. The fourth-order valence-corrected chi connectivity index (χ4v) is 4.45. The van der Waals surface area contributed by atoms with Crippen LogP contribution in [0.25, 0.3) is 22.3 Å².